The molecule has 0 aromatic carbocycles. The molecule has 1 heterocycles. The van der Waals surface area contributed by atoms with E-state index in [2.05, 4.69) is 29.1 Å². The molecule has 0 spiro atoms. The predicted molar refractivity (Wildman–Crippen MR) is 70.7 cm³/mol. The van der Waals surface area contributed by atoms with Gasteiger partial charge in [-0.1, -0.05) is 6.92 Å². The topological polar surface area (TPSA) is 51.1 Å². The highest BCUT2D eigenvalue weighted by atomic mass is 32.2. The maximum atomic E-state index is 11.1. The van der Waals surface area contributed by atoms with Gasteiger partial charge < -0.3 is 9.88 Å². The van der Waals surface area contributed by atoms with Gasteiger partial charge in [-0.3, -0.25) is 0 Å². The van der Waals surface area contributed by atoms with Crippen molar-refractivity contribution in [1.82, 2.24) is 9.88 Å². The van der Waals surface area contributed by atoms with Gasteiger partial charge in [-0.25, -0.2) is 8.42 Å². The minimum atomic E-state index is -2.90. The SMILES string of the molecule is CCCn1cccc1CNC(C)CS(C)(=O)=O. The van der Waals surface area contributed by atoms with Crippen molar-refractivity contribution in [2.45, 2.75) is 39.4 Å². The summed E-state index contributed by atoms with van der Waals surface area (Å²) in [5.41, 5.74) is 1.20. The summed E-state index contributed by atoms with van der Waals surface area (Å²) in [5.74, 6) is 0.182. The fourth-order valence-corrected chi connectivity index (χ4v) is 2.89. The van der Waals surface area contributed by atoms with Gasteiger partial charge in [-0.2, -0.15) is 0 Å². The van der Waals surface area contributed by atoms with Crippen LogP contribution in [0.3, 0.4) is 0 Å². The van der Waals surface area contributed by atoms with E-state index >= 15 is 0 Å². The van der Waals surface area contributed by atoms with Crippen LogP contribution < -0.4 is 5.32 Å². The molecule has 1 aromatic rings. The molecule has 17 heavy (non-hydrogen) atoms. The lowest BCUT2D eigenvalue weighted by Crippen LogP contribution is -2.32. The molecule has 0 aliphatic rings. The minimum absolute atomic E-state index is 0.0185. The highest BCUT2D eigenvalue weighted by Gasteiger charge is 2.10. The summed E-state index contributed by atoms with van der Waals surface area (Å²) in [6, 6.07) is 4.07. The van der Waals surface area contributed by atoms with E-state index < -0.39 is 9.84 Å². The molecule has 0 amide bonds. The van der Waals surface area contributed by atoms with E-state index in [1.54, 1.807) is 0 Å². The summed E-state index contributed by atoms with van der Waals surface area (Å²) in [6.07, 6.45) is 4.42. The maximum absolute atomic E-state index is 11.1. The van der Waals surface area contributed by atoms with Crippen molar-refractivity contribution >= 4 is 9.84 Å². The number of rotatable bonds is 7. The third kappa shape index (κ3) is 5.37. The van der Waals surface area contributed by atoms with Gasteiger partial charge >= 0.3 is 0 Å². The lowest BCUT2D eigenvalue weighted by Gasteiger charge is -2.14. The Bertz CT molecular complexity index is 437. The first kappa shape index (κ1) is 14.3. The van der Waals surface area contributed by atoms with Crippen LogP contribution in [0.4, 0.5) is 0 Å². The van der Waals surface area contributed by atoms with E-state index in [-0.39, 0.29) is 11.8 Å². The number of hydrogen-bond donors (Lipinski definition) is 1. The third-order valence-electron chi connectivity index (χ3n) is 2.57. The molecule has 0 saturated carbocycles. The standard InChI is InChI=1S/C12H22N2O2S/c1-4-7-14-8-5-6-12(14)9-13-11(2)10-17(3,15)16/h5-6,8,11,13H,4,7,9-10H2,1-3H3. The predicted octanol–water partition coefficient (Wildman–Crippen LogP) is 1.42. The van der Waals surface area contributed by atoms with Crippen LogP contribution in [0, 0.1) is 0 Å². The van der Waals surface area contributed by atoms with E-state index in [4.69, 9.17) is 0 Å². The maximum Gasteiger partial charge on any atom is 0.148 e. The Morgan fingerprint density at radius 2 is 2.18 bits per heavy atom. The molecule has 0 aliphatic heterocycles. The van der Waals surface area contributed by atoms with Crippen molar-refractivity contribution in [1.29, 1.82) is 0 Å². The molecule has 1 unspecified atom stereocenters. The Morgan fingerprint density at radius 1 is 1.47 bits per heavy atom. The van der Waals surface area contributed by atoms with Crippen LogP contribution in [-0.2, 0) is 22.9 Å². The van der Waals surface area contributed by atoms with Crippen LogP contribution in [0.15, 0.2) is 18.3 Å². The monoisotopic (exact) mass is 258 g/mol. The normalized spacial score (nSPS) is 13.8. The molecule has 1 aromatic heterocycles. The second-order valence-electron chi connectivity index (χ2n) is 4.57. The van der Waals surface area contributed by atoms with E-state index in [9.17, 15) is 8.42 Å². The Labute approximate surface area is 104 Å². The number of aryl methyl sites for hydroxylation is 1. The molecule has 1 atom stereocenters. The van der Waals surface area contributed by atoms with Crippen LogP contribution in [0.1, 0.15) is 26.0 Å². The van der Waals surface area contributed by atoms with Gasteiger partial charge in [0.25, 0.3) is 0 Å². The summed E-state index contributed by atoms with van der Waals surface area (Å²) in [6.45, 7) is 5.76. The second-order valence-corrected chi connectivity index (χ2v) is 6.75. The fourth-order valence-electron chi connectivity index (χ4n) is 1.86. The Balaban J connectivity index is 2.47. The summed E-state index contributed by atoms with van der Waals surface area (Å²) in [4.78, 5) is 0. The van der Waals surface area contributed by atoms with Crippen molar-refractivity contribution in [2.75, 3.05) is 12.0 Å². The van der Waals surface area contributed by atoms with Gasteiger partial charge in [0.1, 0.15) is 9.84 Å². The number of nitrogens with one attached hydrogen (secondary N) is 1. The average Bonchev–Trinajstić information content (AvgIpc) is 2.60. The van der Waals surface area contributed by atoms with Crippen LogP contribution >= 0.6 is 0 Å². The van der Waals surface area contributed by atoms with E-state index in [1.807, 2.05) is 13.0 Å². The van der Waals surface area contributed by atoms with Crippen LogP contribution in [0.5, 0.6) is 0 Å². The lowest BCUT2D eigenvalue weighted by molar-refractivity contribution is 0.540. The first-order valence-corrected chi connectivity index (χ1v) is 8.03. The molecule has 0 fully saturated rings. The highest BCUT2D eigenvalue weighted by molar-refractivity contribution is 7.90. The molecule has 0 bridgehead atoms. The third-order valence-corrected chi connectivity index (χ3v) is 3.68. The smallest absolute Gasteiger partial charge is 0.148 e. The van der Waals surface area contributed by atoms with Gasteiger partial charge in [0.2, 0.25) is 0 Å². The molecule has 98 valence electrons. The average molecular weight is 258 g/mol. The van der Waals surface area contributed by atoms with E-state index in [0.717, 1.165) is 13.0 Å². The highest BCUT2D eigenvalue weighted by Crippen LogP contribution is 2.04. The second kappa shape index (κ2) is 6.21. The van der Waals surface area contributed by atoms with E-state index in [1.165, 1.54) is 11.9 Å². The Hall–Kier alpha value is -0.810. The number of hydrogen-bond acceptors (Lipinski definition) is 3. The number of sulfone groups is 1. The van der Waals surface area contributed by atoms with Crippen molar-refractivity contribution in [2.24, 2.45) is 0 Å². The zero-order valence-corrected chi connectivity index (χ0v) is 11.6. The largest absolute Gasteiger partial charge is 0.350 e. The molecule has 1 N–H and O–H groups in total. The summed E-state index contributed by atoms with van der Waals surface area (Å²) < 4.78 is 24.4. The van der Waals surface area contributed by atoms with Crippen molar-refractivity contribution in [3.63, 3.8) is 0 Å². The summed E-state index contributed by atoms with van der Waals surface area (Å²) in [5, 5.41) is 3.24. The Morgan fingerprint density at radius 3 is 2.76 bits per heavy atom. The van der Waals surface area contributed by atoms with Gasteiger partial charge in [-0.05, 0) is 25.5 Å². The zero-order valence-electron chi connectivity index (χ0n) is 10.8. The number of nitrogens with zero attached hydrogens (tertiary/aromatic N) is 1. The fraction of sp³-hybridized carbons (Fsp3) is 0.667. The van der Waals surface area contributed by atoms with Gasteiger partial charge in [0.05, 0.1) is 5.75 Å². The molecular formula is C12H22N2O2S. The Kier molecular flexibility index (Phi) is 5.21. The molecule has 0 saturated heterocycles. The first-order chi connectivity index (χ1) is 7.92. The van der Waals surface area contributed by atoms with Crippen LogP contribution in [0.2, 0.25) is 0 Å². The molecule has 0 radical (unpaired) electrons. The molecule has 5 heteroatoms. The van der Waals surface area contributed by atoms with Crippen LogP contribution in [-0.4, -0.2) is 31.0 Å². The van der Waals surface area contributed by atoms with E-state index in [0.29, 0.717) is 6.54 Å². The molecule has 1 rings (SSSR count). The molecule has 4 nitrogen and oxygen atoms in total. The summed E-state index contributed by atoms with van der Waals surface area (Å²) in [7, 11) is -2.90. The summed E-state index contributed by atoms with van der Waals surface area (Å²) >= 11 is 0. The van der Waals surface area contributed by atoms with Crippen LogP contribution in [0.25, 0.3) is 0 Å². The van der Waals surface area contributed by atoms with Gasteiger partial charge in [0, 0.05) is 37.3 Å². The van der Waals surface area contributed by atoms with Gasteiger partial charge in [0.15, 0.2) is 0 Å². The van der Waals surface area contributed by atoms with Crippen molar-refractivity contribution in [3.8, 4) is 0 Å². The first-order valence-electron chi connectivity index (χ1n) is 5.97. The minimum Gasteiger partial charge on any atom is -0.350 e. The van der Waals surface area contributed by atoms with Crippen molar-refractivity contribution in [3.05, 3.63) is 24.0 Å². The molecular weight excluding hydrogens is 236 g/mol. The number of aromatic nitrogens is 1. The molecule has 0 aliphatic carbocycles. The van der Waals surface area contributed by atoms with Crippen molar-refractivity contribution < 1.29 is 8.42 Å². The zero-order chi connectivity index (χ0) is 12.9. The quantitative estimate of drug-likeness (QED) is 0.805. The lowest BCUT2D eigenvalue weighted by atomic mass is 10.3. The van der Waals surface area contributed by atoms with Gasteiger partial charge in [-0.15, -0.1) is 0 Å².